The van der Waals surface area contributed by atoms with Gasteiger partial charge in [0.05, 0.1) is 5.56 Å². The SMILES string of the molecule is CC(CO)C1=C2C3=CC=C(C=O)[C@H](OC(=O)c4ccccc4)[C@@H](O)[C@]3(C)CC[C@@]2(C)CC1. The number of carbonyl (C=O) groups excluding carboxylic acids is 2. The fraction of sp³-hybridized carbons (Fsp3) is 0.481. The number of rotatable bonds is 5. The predicted molar refractivity (Wildman–Crippen MR) is 122 cm³/mol. The zero-order valence-corrected chi connectivity index (χ0v) is 19.0. The number of hydrogen-bond donors (Lipinski definition) is 2. The van der Waals surface area contributed by atoms with E-state index in [4.69, 9.17) is 4.74 Å². The fourth-order valence-corrected chi connectivity index (χ4v) is 5.72. The van der Waals surface area contributed by atoms with E-state index in [2.05, 4.69) is 6.92 Å². The average Bonchev–Trinajstić information content (AvgIpc) is 3.12. The van der Waals surface area contributed by atoms with Crippen molar-refractivity contribution in [3.8, 4) is 0 Å². The molecule has 0 amide bonds. The summed E-state index contributed by atoms with van der Waals surface area (Å²) in [6, 6.07) is 8.61. The predicted octanol–water partition coefficient (Wildman–Crippen LogP) is 4.16. The molecule has 1 aromatic rings. The number of allylic oxidation sites excluding steroid dienone is 3. The third kappa shape index (κ3) is 3.57. The van der Waals surface area contributed by atoms with Crippen LogP contribution in [0.15, 0.2) is 64.8 Å². The highest BCUT2D eigenvalue weighted by Gasteiger charge is 2.54. The maximum atomic E-state index is 12.8. The Morgan fingerprint density at radius 3 is 2.56 bits per heavy atom. The smallest absolute Gasteiger partial charge is 0.338 e. The molecule has 5 heteroatoms. The van der Waals surface area contributed by atoms with Gasteiger partial charge in [-0.15, -0.1) is 0 Å². The lowest BCUT2D eigenvalue weighted by molar-refractivity contribution is -0.107. The third-order valence-electron chi connectivity index (χ3n) is 7.91. The van der Waals surface area contributed by atoms with Crippen LogP contribution in [0.25, 0.3) is 0 Å². The third-order valence-corrected chi connectivity index (χ3v) is 7.91. The minimum atomic E-state index is -1.07. The molecule has 1 aromatic carbocycles. The number of esters is 1. The molecule has 0 spiro atoms. The molecule has 0 heterocycles. The quantitative estimate of drug-likeness (QED) is 0.535. The average molecular weight is 437 g/mol. The summed E-state index contributed by atoms with van der Waals surface area (Å²) < 4.78 is 5.74. The van der Waals surface area contributed by atoms with Crippen molar-refractivity contribution in [1.29, 1.82) is 0 Å². The molecule has 2 N–H and O–H groups in total. The zero-order valence-electron chi connectivity index (χ0n) is 19.0. The molecule has 0 aromatic heterocycles. The fourth-order valence-electron chi connectivity index (χ4n) is 5.72. The van der Waals surface area contributed by atoms with Crippen molar-refractivity contribution in [3.63, 3.8) is 0 Å². The first-order chi connectivity index (χ1) is 15.2. The standard InChI is InChI=1S/C27H32O5/c1-17(15-28)20-11-12-26(2)13-14-27(3)21(22(20)26)10-9-19(16-29)23(24(27)30)32-25(31)18-7-5-4-6-8-18/h4-10,16-17,23-24,28,30H,11-15H2,1-3H3/t17?,23-,24+,26+,27+/m0/s1. The van der Waals surface area contributed by atoms with Gasteiger partial charge in [0.15, 0.2) is 6.10 Å². The van der Waals surface area contributed by atoms with Crippen LogP contribution in [0.4, 0.5) is 0 Å². The molecule has 1 unspecified atom stereocenters. The summed E-state index contributed by atoms with van der Waals surface area (Å²) in [5, 5.41) is 21.4. The Bertz CT molecular complexity index is 1000. The molecular formula is C27H32O5. The second-order valence-corrected chi connectivity index (χ2v) is 9.96. The number of carbonyl (C=O) groups is 2. The summed E-state index contributed by atoms with van der Waals surface area (Å²) >= 11 is 0. The van der Waals surface area contributed by atoms with Gasteiger partial charge < -0.3 is 14.9 Å². The summed E-state index contributed by atoms with van der Waals surface area (Å²) in [4.78, 5) is 24.7. The Morgan fingerprint density at radius 2 is 1.91 bits per heavy atom. The molecule has 3 aliphatic rings. The molecule has 3 aliphatic carbocycles. The van der Waals surface area contributed by atoms with E-state index in [1.165, 1.54) is 11.1 Å². The van der Waals surface area contributed by atoms with Crippen LogP contribution in [0, 0.1) is 16.7 Å². The van der Waals surface area contributed by atoms with Crippen molar-refractivity contribution in [2.75, 3.05) is 6.61 Å². The van der Waals surface area contributed by atoms with Crippen molar-refractivity contribution in [2.24, 2.45) is 16.7 Å². The van der Waals surface area contributed by atoms with Gasteiger partial charge in [-0.2, -0.15) is 0 Å². The Hall–Kier alpha value is -2.50. The molecule has 1 saturated carbocycles. The highest BCUT2D eigenvalue weighted by Crippen LogP contribution is 2.61. The maximum absolute atomic E-state index is 12.8. The van der Waals surface area contributed by atoms with E-state index in [-0.39, 0.29) is 23.5 Å². The molecule has 0 saturated heterocycles. The molecule has 170 valence electrons. The Morgan fingerprint density at radius 1 is 1.19 bits per heavy atom. The van der Waals surface area contributed by atoms with Crippen molar-refractivity contribution < 1.29 is 24.5 Å². The minimum absolute atomic E-state index is 0.0143. The number of fused-ring (bicyclic) bond motifs is 3. The summed E-state index contributed by atoms with van der Waals surface area (Å²) in [5.74, 6) is -0.526. The van der Waals surface area contributed by atoms with Gasteiger partial charge in [-0.25, -0.2) is 4.79 Å². The van der Waals surface area contributed by atoms with E-state index in [0.29, 0.717) is 11.8 Å². The lowest BCUT2D eigenvalue weighted by Crippen LogP contribution is -2.48. The van der Waals surface area contributed by atoms with E-state index in [9.17, 15) is 19.8 Å². The second-order valence-electron chi connectivity index (χ2n) is 9.96. The van der Waals surface area contributed by atoms with Gasteiger partial charge in [0.1, 0.15) is 12.4 Å². The van der Waals surface area contributed by atoms with Gasteiger partial charge in [-0.3, -0.25) is 4.79 Å². The van der Waals surface area contributed by atoms with Crippen LogP contribution in [0.3, 0.4) is 0 Å². The number of aliphatic hydroxyl groups is 2. The van der Waals surface area contributed by atoms with E-state index >= 15 is 0 Å². The summed E-state index contributed by atoms with van der Waals surface area (Å²) in [5.41, 5.74) is 3.39. The number of aliphatic hydroxyl groups excluding tert-OH is 2. The van der Waals surface area contributed by atoms with E-state index in [0.717, 1.165) is 31.3 Å². The van der Waals surface area contributed by atoms with E-state index < -0.39 is 23.6 Å². The number of benzene rings is 1. The first kappa shape index (κ1) is 22.7. The summed E-state index contributed by atoms with van der Waals surface area (Å²) in [7, 11) is 0. The van der Waals surface area contributed by atoms with Crippen LogP contribution in [-0.2, 0) is 9.53 Å². The van der Waals surface area contributed by atoms with Crippen LogP contribution < -0.4 is 0 Å². The van der Waals surface area contributed by atoms with Gasteiger partial charge >= 0.3 is 5.97 Å². The minimum Gasteiger partial charge on any atom is -0.451 e. The molecule has 0 aliphatic heterocycles. The van der Waals surface area contributed by atoms with Crippen LogP contribution in [0.1, 0.15) is 56.8 Å². The molecule has 5 atom stereocenters. The van der Waals surface area contributed by atoms with Crippen LogP contribution in [-0.4, -0.2) is 41.3 Å². The van der Waals surface area contributed by atoms with Crippen LogP contribution in [0.2, 0.25) is 0 Å². The molecule has 5 nitrogen and oxygen atoms in total. The monoisotopic (exact) mass is 436 g/mol. The molecule has 0 bridgehead atoms. The van der Waals surface area contributed by atoms with Crippen LogP contribution >= 0.6 is 0 Å². The first-order valence-corrected chi connectivity index (χ1v) is 11.4. The van der Waals surface area contributed by atoms with E-state index in [1.807, 2.05) is 26.0 Å². The Labute approximate surface area is 189 Å². The van der Waals surface area contributed by atoms with E-state index in [1.54, 1.807) is 30.3 Å². The lowest BCUT2D eigenvalue weighted by Gasteiger charge is -2.49. The molecule has 0 radical (unpaired) electrons. The number of aldehydes is 1. The van der Waals surface area contributed by atoms with Gasteiger partial charge in [-0.05, 0) is 54.4 Å². The van der Waals surface area contributed by atoms with Gasteiger partial charge in [-0.1, -0.05) is 56.7 Å². The van der Waals surface area contributed by atoms with Crippen LogP contribution in [0.5, 0.6) is 0 Å². The van der Waals surface area contributed by atoms with Crippen molar-refractivity contribution in [3.05, 3.63) is 70.3 Å². The summed E-state index contributed by atoms with van der Waals surface area (Å²) in [6.45, 7) is 6.37. The largest absolute Gasteiger partial charge is 0.451 e. The Kier molecular flexibility index (Phi) is 5.99. The van der Waals surface area contributed by atoms with Gasteiger partial charge in [0, 0.05) is 23.5 Å². The van der Waals surface area contributed by atoms with Crippen molar-refractivity contribution in [1.82, 2.24) is 0 Å². The van der Waals surface area contributed by atoms with Gasteiger partial charge in [0.2, 0.25) is 0 Å². The maximum Gasteiger partial charge on any atom is 0.338 e. The molecule has 32 heavy (non-hydrogen) atoms. The molecular weight excluding hydrogens is 404 g/mol. The molecule has 4 rings (SSSR count). The van der Waals surface area contributed by atoms with Gasteiger partial charge in [0.25, 0.3) is 0 Å². The van der Waals surface area contributed by atoms with Crippen molar-refractivity contribution >= 4 is 12.3 Å². The number of ether oxygens (including phenoxy) is 1. The highest BCUT2D eigenvalue weighted by atomic mass is 16.6. The zero-order chi connectivity index (χ0) is 23.1. The first-order valence-electron chi connectivity index (χ1n) is 11.4. The topological polar surface area (TPSA) is 83.8 Å². The lowest BCUT2D eigenvalue weighted by atomic mass is 9.57. The molecule has 1 fully saturated rings. The summed E-state index contributed by atoms with van der Waals surface area (Å²) in [6.07, 6.45) is 5.74. The number of hydrogen-bond acceptors (Lipinski definition) is 5. The Balaban J connectivity index is 1.76. The van der Waals surface area contributed by atoms with Crippen molar-refractivity contribution in [2.45, 2.75) is 58.7 Å². The normalized spacial score (nSPS) is 32.8. The highest BCUT2D eigenvalue weighted by molar-refractivity contribution is 5.90. The second kappa shape index (κ2) is 8.45.